The number of nitrogens with zero attached hydrogens (tertiary/aromatic N) is 2. The highest BCUT2D eigenvalue weighted by Gasteiger charge is 2.21. The highest BCUT2D eigenvalue weighted by molar-refractivity contribution is 7.22. The topological polar surface area (TPSA) is 33.2 Å². The maximum absolute atomic E-state index is 13.2. The van der Waals surface area contributed by atoms with Gasteiger partial charge in [-0.3, -0.25) is 9.69 Å². The van der Waals surface area contributed by atoms with Gasteiger partial charge >= 0.3 is 0 Å². The summed E-state index contributed by atoms with van der Waals surface area (Å²) in [7, 11) is 0. The minimum atomic E-state index is -0.0222. The molecule has 0 atom stereocenters. The molecule has 0 radical (unpaired) electrons. The van der Waals surface area contributed by atoms with Crippen LogP contribution in [0.5, 0.6) is 0 Å². The number of thiazole rings is 1. The van der Waals surface area contributed by atoms with E-state index in [9.17, 15) is 4.79 Å². The zero-order valence-electron chi connectivity index (χ0n) is 14.5. The summed E-state index contributed by atoms with van der Waals surface area (Å²) in [5, 5.41) is 1.31. The molecule has 4 rings (SSSR count). The van der Waals surface area contributed by atoms with Gasteiger partial charge in [0.1, 0.15) is 0 Å². The van der Waals surface area contributed by atoms with Gasteiger partial charge in [0.2, 0.25) is 5.91 Å². The van der Waals surface area contributed by atoms with Crippen molar-refractivity contribution in [3.05, 3.63) is 95.0 Å². The van der Waals surface area contributed by atoms with Crippen LogP contribution < -0.4 is 4.90 Å². The second-order valence-electron chi connectivity index (χ2n) is 6.20. The fourth-order valence-electron chi connectivity index (χ4n) is 2.90. The third-order valence-electron chi connectivity index (χ3n) is 4.30. The summed E-state index contributed by atoms with van der Waals surface area (Å²) in [6.07, 6.45) is 0.239. The van der Waals surface area contributed by atoms with E-state index in [1.807, 2.05) is 78.9 Å². The summed E-state index contributed by atoms with van der Waals surface area (Å²) in [6.45, 7) is 0.476. The molecule has 1 amide bonds. The van der Waals surface area contributed by atoms with Crippen LogP contribution in [-0.4, -0.2) is 10.9 Å². The van der Waals surface area contributed by atoms with Crippen molar-refractivity contribution in [1.82, 2.24) is 4.98 Å². The molecule has 0 N–H and O–H groups in total. The summed E-state index contributed by atoms with van der Waals surface area (Å²) in [6, 6.07) is 25.3. The summed E-state index contributed by atoms with van der Waals surface area (Å²) < 4.78 is 1.07. The lowest BCUT2D eigenvalue weighted by Crippen LogP contribution is -2.31. The number of anilines is 1. The van der Waals surface area contributed by atoms with Crippen molar-refractivity contribution in [3.63, 3.8) is 0 Å². The molecule has 0 bridgehead atoms. The number of amides is 1. The molecule has 1 aromatic heterocycles. The lowest BCUT2D eigenvalue weighted by Gasteiger charge is -2.20. The number of rotatable bonds is 5. The Labute approximate surface area is 166 Å². The average molecular weight is 393 g/mol. The second-order valence-corrected chi connectivity index (χ2v) is 7.61. The molecule has 4 aromatic rings. The smallest absolute Gasteiger partial charge is 0.233 e. The summed E-state index contributed by atoms with van der Waals surface area (Å²) in [5.74, 6) is -0.0222. The van der Waals surface area contributed by atoms with Crippen molar-refractivity contribution in [2.45, 2.75) is 13.0 Å². The van der Waals surface area contributed by atoms with E-state index >= 15 is 0 Å². The quantitative estimate of drug-likeness (QED) is 0.434. The molecule has 3 nitrogen and oxygen atoms in total. The predicted octanol–water partition coefficient (Wildman–Crippen LogP) is 5.73. The number of hydrogen-bond donors (Lipinski definition) is 0. The van der Waals surface area contributed by atoms with Crippen molar-refractivity contribution in [3.8, 4) is 0 Å². The summed E-state index contributed by atoms with van der Waals surface area (Å²) in [5.41, 5.74) is 2.79. The third-order valence-corrected chi connectivity index (χ3v) is 5.73. The molecule has 0 fully saturated rings. The standard InChI is InChI=1S/C22H17ClN2OS/c23-18-11-5-4-10-17(18)14-21(26)25(15-16-8-2-1-3-9-16)22-24-19-12-6-7-13-20(19)27-22/h1-13H,14-15H2. The van der Waals surface area contributed by atoms with Gasteiger partial charge in [-0.05, 0) is 29.3 Å². The van der Waals surface area contributed by atoms with Crippen LogP contribution in [0.25, 0.3) is 10.2 Å². The SMILES string of the molecule is O=C(Cc1ccccc1Cl)N(Cc1ccccc1)c1nc2ccccc2s1. The Balaban J connectivity index is 1.68. The number of hydrogen-bond acceptors (Lipinski definition) is 3. The van der Waals surface area contributed by atoms with Crippen LogP contribution in [-0.2, 0) is 17.8 Å². The Kier molecular flexibility index (Phi) is 5.19. The number of carbonyl (C=O) groups is 1. The third kappa shape index (κ3) is 4.02. The Morgan fingerprint density at radius 1 is 0.926 bits per heavy atom. The van der Waals surface area contributed by atoms with Gasteiger partial charge in [-0.2, -0.15) is 0 Å². The van der Waals surface area contributed by atoms with Crippen LogP contribution in [0.2, 0.25) is 5.02 Å². The normalized spacial score (nSPS) is 10.9. The lowest BCUT2D eigenvalue weighted by atomic mass is 10.1. The molecule has 0 saturated heterocycles. The van der Waals surface area contributed by atoms with Gasteiger partial charge in [0, 0.05) is 5.02 Å². The number of carbonyl (C=O) groups excluding carboxylic acids is 1. The van der Waals surface area contributed by atoms with E-state index in [4.69, 9.17) is 11.6 Å². The molecule has 134 valence electrons. The Morgan fingerprint density at radius 2 is 1.63 bits per heavy atom. The molecule has 1 heterocycles. The van der Waals surface area contributed by atoms with Crippen LogP contribution in [0.1, 0.15) is 11.1 Å². The van der Waals surface area contributed by atoms with Crippen molar-refractivity contribution >= 4 is 44.2 Å². The maximum atomic E-state index is 13.2. The van der Waals surface area contributed by atoms with Crippen molar-refractivity contribution in [2.75, 3.05) is 4.90 Å². The van der Waals surface area contributed by atoms with Crippen LogP contribution in [0.15, 0.2) is 78.9 Å². The summed E-state index contributed by atoms with van der Waals surface area (Å²) >= 11 is 7.79. The van der Waals surface area contributed by atoms with Gasteiger partial charge in [0.25, 0.3) is 0 Å². The lowest BCUT2D eigenvalue weighted by molar-refractivity contribution is -0.118. The Morgan fingerprint density at radius 3 is 2.41 bits per heavy atom. The van der Waals surface area contributed by atoms with E-state index in [0.717, 1.165) is 21.3 Å². The van der Waals surface area contributed by atoms with Gasteiger partial charge in [0.05, 0.1) is 23.2 Å². The molecule has 27 heavy (non-hydrogen) atoms. The Hall–Kier alpha value is -2.69. The monoisotopic (exact) mass is 392 g/mol. The molecule has 0 aliphatic rings. The molecule has 5 heteroatoms. The van der Waals surface area contributed by atoms with E-state index in [2.05, 4.69) is 4.98 Å². The number of aromatic nitrogens is 1. The van der Waals surface area contributed by atoms with Gasteiger partial charge in [0.15, 0.2) is 5.13 Å². The fraction of sp³-hybridized carbons (Fsp3) is 0.0909. The predicted molar refractivity (Wildman–Crippen MR) is 112 cm³/mol. The first-order valence-electron chi connectivity index (χ1n) is 8.64. The molecule has 0 spiro atoms. The highest BCUT2D eigenvalue weighted by atomic mass is 35.5. The average Bonchev–Trinajstić information content (AvgIpc) is 3.12. The minimum Gasteiger partial charge on any atom is -0.283 e. The van der Waals surface area contributed by atoms with Gasteiger partial charge in [-0.1, -0.05) is 83.6 Å². The molecular formula is C22H17ClN2OS. The zero-order chi connectivity index (χ0) is 18.6. The van der Waals surface area contributed by atoms with Gasteiger partial charge < -0.3 is 0 Å². The van der Waals surface area contributed by atoms with Crippen molar-refractivity contribution < 1.29 is 4.79 Å². The second kappa shape index (κ2) is 7.91. The van der Waals surface area contributed by atoms with Crippen LogP contribution in [0.4, 0.5) is 5.13 Å². The van der Waals surface area contributed by atoms with Crippen LogP contribution in [0, 0.1) is 0 Å². The fourth-order valence-corrected chi connectivity index (χ4v) is 4.09. The first-order valence-corrected chi connectivity index (χ1v) is 9.83. The summed E-state index contributed by atoms with van der Waals surface area (Å²) in [4.78, 5) is 19.6. The first-order chi connectivity index (χ1) is 13.2. The van der Waals surface area contributed by atoms with Gasteiger partial charge in [-0.25, -0.2) is 4.98 Å². The molecule has 0 saturated carbocycles. The van der Waals surface area contributed by atoms with Crippen molar-refractivity contribution in [2.24, 2.45) is 0 Å². The number of benzene rings is 3. The largest absolute Gasteiger partial charge is 0.283 e. The van der Waals surface area contributed by atoms with E-state index < -0.39 is 0 Å². The van der Waals surface area contributed by atoms with Crippen LogP contribution in [0.3, 0.4) is 0 Å². The number of para-hydroxylation sites is 1. The van der Waals surface area contributed by atoms with E-state index in [0.29, 0.717) is 16.7 Å². The zero-order valence-corrected chi connectivity index (χ0v) is 16.1. The molecule has 0 unspecified atom stereocenters. The molecule has 3 aromatic carbocycles. The number of fused-ring (bicyclic) bond motifs is 1. The van der Waals surface area contributed by atoms with E-state index in [1.54, 1.807) is 4.90 Å². The van der Waals surface area contributed by atoms with Crippen molar-refractivity contribution in [1.29, 1.82) is 0 Å². The maximum Gasteiger partial charge on any atom is 0.233 e. The minimum absolute atomic E-state index is 0.0222. The molecule has 0 aliphatic carbocycles. The Bertz CT molecular complexity index is 1040. The number of halogens is 1. The van der Waals surface area contributed by atoms with Crippen LogP contribution >= 0.6 is 22.9 Å². The van der Waals surface area contributed by atoms with E-state index in [-0.39, 0.29) is 12.3 Å². The van der Waals surface area contributed by atoms with Gasteiger partial charge in [-0.15, -0.1) is 0 Å². The molecular weight excluding hydrogens is 376 g/mol. The highest BCUT2D eigenvalue weighted by Crippen LogP contribution is 2.30. The molecule has 0 aliphatic heterocycles. The van der Waals surface area contributed by atoms with E-state index in [1.165, 1.54) is 11.3 Å². The first kappa shape index (κ1) is 17.7.